The maximum Gasteiger partial charge on any atom is 0.469 e. The molecule has 0 radical (unpaired) electrons. The van der Waals surface area contributed by atoms with Gasteiger partial charge in [-0.3, -0.25) is 18.8 Å². The van der Waals surface area contributed by atoms with Gasteiger partial charge < -0.3 is 39.9 Å². The molecule has 308 valence electrons. The molecule has 0 aliphatic carbocycles. The van der Waals surface area contributed by atoms with E-state index in [1.54, 1.807) is 42.6 Å². The molecule has 0 aliphatic rings. The van der Waals surface area contributed by atoms with Crippen LogP contribution in [-0.4, -0.2) is 80.7 Å². The Morgan fingerprint density at radius 2 is 1.55 bits per heavy atom. The highest BCUT2D eigenvalue weighted by atomic mass is 32.2. The van der Waals surface area contributed by atoms with Crippen LogP contribution in [0.5, 0.6) is 17.2 Å². The molecule has 17 nitrogen and oxygen atoms in total. The highest BCUT2D eigenvalue weighted by Gasteiger charge is 2.24. The minimum Gasteiger partial charge on any atom is -0.496 e. The van der Waals surface area contributed by atoms with Gasteiger partial charge >= 0.3 is 7.82 Å². The molecule has 0 spiro atoms. The van der Waals surface area contributed by atoms with Crippen LogP contribution in [0.4, 0.5) is 23.0 Å². The van der Waals surface area contributed by atoms with Crippen molar-refractivity contribution < 1.29 is 51.1 Å². The molecule has 0 saturated heterocycles. The number of hydrogen-bond acceptors (Lipinski definition) is 12. The molecule has 1 aromatic heterocycles. The van der Waals surface area contributed by atoms with E-state index in [-0.39, 0.29) is 46.4 Å². The summed E-state index contributed by atoms with van der Waals surface area (Å²) in [5.41, 5.74) is 4.92. The van der Waals surface area contributed by atoms with Gasteiger partial charge in [0.1, 0.15) is 17.1 Å². The van der Waals surface area contributed by atoms with Gasteiger partial charge in [-0.2, -0.15) is 0 Å². The van der Waals surface area contributed by atoms with Gasteiger partial charge in [-0.1, -0.05) is 32.9 Å². The minimum atomic E-state index is -4.68. The summed E-state index contributed by atoms with van der Waals surface area (Å²) in [6.07, 6.45) is 2.69. The molecule has 0 fully saturated rings. The third-order valence-corrected chi connectivity index (χ3v) is 9.84. The molecule has 4 aromatic carbocycles. The van der Waals surface area contributed by atoms with Gasteiger partial charge in [0.05, 0.1) is 51.1 Å². The largest absolute Gasteiger partial charge is 0.496 e. The summed E-state index contributed by atoms with van der Waals surface area (Å²) in [5, 5.41) is 9.25. The Morgan fingerprint density at radius 1 is 0.879 bits per heavy atom. The number of carbonyl (C=O) groups is 2. The highest BCUT2D eigenvalue weighted by Crippen LogP contribution is 2.40. The van der Waals surface area contributed by atoms with Crippen LogP contribution in [0.1, 0.15) is 52.6 Å². The van der Waals surface area contributed by atoms with Crippen molar-refractivity contribution in [2.75, 3.05) is 56.1 Å². The predicted octanol–water partition coefficient (Wildman–Crippen LogP) is 6.14. The number of ether oxygens (including phenoxy) is 3. The zero-order valence-corrected chi connectivity index (χ0v) is 34.8. The van der Waals surface area contributed by atoms with E-state index >= 15 is 0 Å². The molecular formula is C39H45N6O11PS. The number of fused-ring (bicyclic) bond motifs is 1. The van der Waals surface area contributed by atoms with E-state index < -0.39 is 36.3 Å². The normalized spacial score (nSPS) is 11.8. The molecule has 58 heavy (non-hydrogen) atoms. The Bertz CT molecular complexity index is 2510. The Kier molecular flexibility index (Phi) is 13.0. The summed E-state index contributed by atoms with van der Waals surface area (Å²) in [5.74, 6) is -0.321. The van der Waals surface area contributed by atoms with Crippen LogP contribution in [0, 0.1) is 6.92 Å². The van der Waals surface area contributed by atoms with E-state index in [1.165, 1.54) is 21.3 Å². The number of anilines is 4. The number of amides is 2. The lowest BCUT2D eigenvalue weighted by molar-refractivity contribution is 0.0934. The average Bonchev–Trinajstić information content (AvgIpc) is 3.14. The van der Waals surface area contributed by atoms with Crippen molar-refractivity contribution in [3.05, 3.63) is 89.1 Å². The molecule has 0 saturated carbocycles. The number of aromatic nitrogens is 2. The van der Waals surface area contributed by atoms with Gasteiger partial charge in [-0.05, 0) is 71.0 Å². The predicted molar refractivity (Wildman–Crippen MR) is 221 cm³/mol. The second-order valence-corrected chi connectivity index (χ2v) is 17.1. The van der Waals surface area contributed by atoms with Gasteiger partial charge in [0.15, 0.2) is 5.75 Å². The molecule has 0 atom stereocenters. The molecule has 1 heterocycles. The number of rotatable bonds is 15. The summed E-state index contributed by atoms with van der Waals surface area (Å²) < 4.78 is 58.6. The maximum absolute atomic E-state index is 13.8. The third-order valence-electron chi connectivity index (χ3n) is 8.73. The second-order valence-electron chi connectivity index (χ2n) is 14.1. The van der Waals surface area contributed by atoms with Crippen LogP contribution in [0.25, 0.3) is 22.0 Å². The highest BCUT2D eigenvalue weighted by molar-refractivity contribution is 7.92. The van der Waals surface area contributed by atoms with E-state index in [4.69, 9.17) is 24.0 Å². The van der Waals surface area contributed by atoms with Gasteiger partial charge in [0.25, 0.3) is 11.8 Å². The van der Waals surface area contributed by atoms with E-state index in [2.05, 4.69) is 35.2 Å². The molecular weight excluding hydrogens is 792 g/mol. The van der Waals surface area contributed by atoms with Crippen molar-refractivity contribution in [2.45, 2.75) is 33.1 Å². The van der Waals surface area contributed by atoms with Crippen molar-refractivity contribution in [1.82, 2.24) is 15.3 Å². The lowest BCUT2D eigenvalue weighted by Crippen LogP contribution is -2.28. The van der Waals surface area contributed by atoms with Crippen LogP contribution in [0.15, 0.2) is 66.9 Å². The Balaban J connectivity index is 1.38. The standard InChI is InChI=1S/C39H45N6O11PS/c1-22-9-10-24(36(46)43-30-17-26(39(2,3)4)18-31(35(30)55-7)45-58(8,51)52)16-28(22)23-11-12-29-25(15-23)21-41-38(44-29)42-27-19-32(53-5)34(33(20-27)54-6)37(47)40-13-14-56-57(48,49)50/h9-12,15-21,45H,13-14H2,1-8H3,(H,40,47)(H,43,46)(H,41,42,44)(H2,48,49,50). The van der Waals surface area contributed by atoms with Gasteiger partial charge in [0, 0.05) is 41.5 Å². The summed E-state index contributed by atoms with van der Waals surface area (Å²) in [6.45, 7) is 7.27. The van der Waals surface area contributed by atoms with Crippen molar-refractivity contribution in [2.24, 2.45) is 0 Å². The fourth-order valence-corrected chi connectivity index (χ4v) is 6.81. The van der Waals surface area contributed by atoms with E-state index in [1.807, 2.05) is 52.0 Å². The van der Waals surface area contributed by atoms with Crippen molar-refractivity contribution >= 4 is 63.6 Å². The lowest BCUT2D eigenvalue weighted by Gasteiger charge is -2.24. The zero-order chi connectivity index (χ0) is 42.6. The number of nitrogens with zero attached hydrogens (tertiary/aromatic N) is 2. The molecule has 2 amide bonds. The van der Waals surface area contributed by atoms with Crippen LogP contribution in [-0.2, 0) is 24.5 Å². The van der Waals surface area contributed by atoms with Crippen LogP contribution >= 0.6 is 7.82 Å². The minimum absolute atomic E-state index is 0.0565. The molecule has 0 bridgehead atoms. The molecule has 0 aliphatic heterocycles. The monoisotopic (exact) mass is 836 g/mol. The van der Waals surface area contributed by atoms with Gasteiger partial charge in [-0.25, -0.2) is 23.0 Å². The summed E-state index contributed by atoms with van der Waals surface area (Å²) >= 11 is 0. The van der Waals surface area contributed by atoms with Crippen LogP contribution in [0.3, 0.4) is 0 Å². The number of methoxy groups -OCH3 is 3. The lowest BCUT2D eigenvalue weighted by atomic mass is 9.86. The fraction of sp³-hybridized carbons (Fsp3) is 0.282. The molecule has 5 aromatic rings. The number of phosphoric acid groups is 1. The van der Waals surface area contributed by atoms with Crippen LogP contribution in [0.2, 0.25) is 0 Å². The average molecular weight is 837 g/mol. The van der Waals surface area contributed by atoms with Crippen molar-refractivity contribution in [3.63, 3.8) is 0 Å². The van der Waals surface area contributed by atoms with Crippen molar-refractivity contribution in [1.29, 1.82) is 0 Å². The smallest absolute Gasteiger partial charge is 0.469 e. The molecule has 19 heteroatoms. The van der Waals surface area contributed by atoms with E-state index in [0.717, 1.165) is 33.9 Å². The van der Waals surface area contributed by atoms with Gasteiger partial charge in [-0.15, -0.1) is 0 Å². The van der Waals surface area contributed by atoms with E-state index in [9.17, 15) is 22.6 Å². The number of phosphoric ester groups is 1. The first-order valence-corrected chi connectivity index (χ1v) is 21.0. The molecule has 0 unspecified atom stereocenters. The number of sulfonamides is 1. The number of carbonyl (C=O) groups excluding carboxylic acids is 2. The van der Waals surface area contributed by atoms with Gasteiger partial charge in [0.2, 0.25) is 16.0 Å². The van der Waals surface area contributed by atoms with Crippen LogP contribution < -0.4 is 34.9 Å². The Hall–Kier alpha value is -5.78. The molecule has 6 N–H and O–H groups in total. The Morgan fingerprint density at radius 3 is 2.16 bits per heavy atom. The van der Waals surface area contributed by atoms with E-state index in [0.29, 0.717) is 22.5 Å². The SMILES string of the molecule is COc1cc(Nc2ncc3cc(-c4cc(C(=O)Nc5cc(C(C)(C)C)cc(NS(C)(=O)=O)c5OC)ccc4C)ccc3n2)cc(OC)c1C(=O)NCCOP(=O)(O)O. The van der Waals surface area contributed by atoms with Crippen molar-refractivity contribution in [3.8, 4) is 28.4 Å². The quantitative estimate of drug-likeness (QED) is 0.0514. The summed E-state index contributed by atoms with van der Waals surface area (Å²) in [4.78, 5) is 53.5. The Labute approximate surface area is 335 Å². The topological polar surface area (TPSA) is 237 Å². The number of benzene rings is 4. The fourth-order valence-electron chi connectivity index (χ4n) is 5.93. The first kappa shape index (κ1) is 43.3. The number of nitrogens with one attached hydrogen (secondary N) is 4. The first-order valence-electron chi connectivity index (χ1n) is 17.6. The number of aryl methyl sites for hydroxylation is 1. The zero-order valence-electron chi connectivity index (χ0n) is 33.1. The molecule has 5 rings (SSSR count). The maximum atomic E-state index is 13.8. The number of hydrogen-bond donors (Lipinski definition) is 6. The first-order chi connectivity index (χ1) is 27.2. The second kappa shape index (κ2) is 17.4. The summed E-state index contributed by atoms with van der Waals surface area (Å²) in [7, 11) is -4.18. The third kappa shape index (κ3) is 10.8. The summed E-state index contributed by atoms with van der Waals surface area (Å²) in [6, 6.07) is 17.5.